The number of carbonyl (C=O) groups is 1. The summed E-state index contributed by atoms with van der Waals surface area (Å²) < 4.78 is 5.72. The molecule has 2 N–H and O–H groups in total. The second kappa shape index (κ2) is 5.15. The molecule has 0 aliphatic rings. The smallest absolute Gasteiger partial charge is 0.244 e. The van der Waals surface area contributed by atoms with Crippen molar-refractivity contribution < 1.29 is 9.53 Å². The van der Waals surface area contributed by atoms with Crippen LogP contribution >= 0.6 is 0 Å². The Morgan fingerprint density at radius 3 is 2.43 bits per heavy atom. The maximum absolute atomic E-state index is 10.8. The lowest BCUT2D eigenvalue weighted by atomic mass is 10.1. The first-order valence-electron chi connectivity index (χ1n) is 4.94. The Labute approximate surface area is 86.3 Å². The molecule has 0 aromatic heterocycles. The van der Waals surface area contributed by atoms with E-state index in [1.165, 1.54) is 0 Å². The van der Waals surface area contributed by atoms with Gasteiger partial charge in [0.2, 0.25) is 5.91 Å². The Kier molecular flexibility index (Phi) is 4.85. The van der Waals surface area contributed by atoms with Gasteiger partial charge in [-0.05, 0) is 40.2 Å². The Morgan fingerprint density at radius 1 is 1.57 bits per heavy atom. The van der Waals surface area contributed by atoms with Crippen molar-refractivity contribution in [3.05, 3.63) is 11.6 Å². The first kappa shape index (κ1) is 13.2. The first-order valence-corrected chi connectivity index (χ1v) is 4.94. The molecule has 0 saturated heterocycles. The second-order valence-corrected chi connectivity index (χ2v) is 4.15. The third-order valence-electron chi connectivity index (χ3n) is 2.23. The number of ether oxygens (including phenoxy) is 1. The van der Waals surface area contributed by atoms with Crippen molar-refractivity contribution >= 4 is 5.91 Å². The zero-order valence-electron chi connectivity index (χ0n) is 9.76. The van der Waals surface area contributed by atoms with Crippen molar-refractivity contribution in [3.63, 3.8) is 0 Å². The summed E-state index contributed by atoms with van der Waals surface area (Å²) in [5.74, 6) is -0.394. The molecule has 0 aliphatic heterocycles. The summed E-state index contributed by atoms with van der Waals surface area (Å²) in [5, 5.41) is 0. The van der Waals surface area contributed by atoms with Gasteiger partial charge in [0.25, 0.3) is 0 Å². The van der Waals surface area contributed by atoms with E-state index in [2.05, 4.69) is 6.92 Å². The summed E-state index contributed by atoms with van der Waals surface area (Å²) in [6.45, 7) is 9.72. The Balaban J connectivity index is 4.30. The van der Waals surface area contributed by atoms with E-state index in [1.54, 1.807) is 13.0 Å². The molecule has 0 radical (unpaired) electrons. The van der Waals surface area contributed by atoms with Crippen LogP contribution in [0.15, 0.2) is 11.6 Å². The van der Waals surface area contributed by atoms with Crippen molar-refractivity contribution in [1.82, 2.24) is 0 Å². The van der Waals surface area contributed by atoms with Gasteiger partial charge in [-0.1, -0.05) is 6.92 Å². The molecule has 0 aromatic rings. The predicted octanol–water partition coefficient (Wildman–Crippen LogP) is 2.01. The van der Waals surface area contributed by atoms with Crippen molar-refractivity contribution in [2.75, 3.05) is 0 Å². The molecule has 82 valence electrons. The van der Waals surface area contributed by atoms with Crippen LogP contribution in [0.25, 0.3) is 0 Å². The summed E-state index contributed by atoms with van der Waals surface area (Å²) in [5.41, 5.74) is 5.50. The van der Waals surface area contributed by atoms with Gasteiger partial charge in [0, 0.05) is 5.57 Å². The molecule has 0 fully saturated rings. The van der Waals surface area contributed by atoms with E-state index >= 15 is 0 Å². The highest BCUT2D eigenvalue weighted by Gasteiger charge is 2.18. The van der Waals surface area contributed by atoms with Crippen LogP contribution in [0.1, 0.15) is 41.0 Å². The second-order valence-electron chi connectivity index (χ2n) is 4.15. The maximum atomic E-state index is 10.8. The van der Waals surface area contributed by atoms with Gasteiger partial charge < -0.3 is 10.5 Å². The Bertz CT molecular complexity index is 231. The van der Waals surface area contributed by atoms with Crippen LogP contribution in [0.4, 0.5) is 0 Å². The zero-order valence-corrected chi connectivity index (χ0v) is 9.76. The predicted molar refractivity (Wildman–Crippen MR) is 57.9 cm³/mol. The van der Waals surface area contributed by atoms with Gasteiger partial charge in [0.05, 0.1) is 11.7 Å². The SMILES string of the molecule is CCC(C)(C)OC(C)/C=C(\C)C(N)=O. The van der Waals surface area contributed by atoms with E-state index in [0.717, 1.165) is 6.42 Å². The average Bonchev–Trinajstić information content (AvgIpc) is 2.02. The molecule has 0 rings (SSSR count). The van der Waals surface area contributed by atoms with Crippen LogP contribution < -0.4 is 5.73 Å². The molecule has 0 heterocycles. The summed E-state index contributed by atoms with van der Waals surface area (Å²) in [6.07, 6.45) is 2.60. The number of carbonyl (C=O) groups excluding carboxylic acids is 1. The average molecular weight is 199 g/mol. The van der Waals surface area contributed by atoms with Crippen molar-refractivity contribution in [2.45, 2.75) is 52.7 Å². The number of primary amides is 1. The minimum atomic E-state index is -0.394. The fourth-order valence-corrected chi connectivity index (χ4v) is 1.05. The van der Waals surface area contributed by atoms with Gasteiger partial charge in [0.1, 0.15) is 0 Å². The summed E-state index contributed by atoms with van der Waals surface area (Å²) >= 11 is 0. The number of nitrogens with two attached hydrogens (primary N) is 1. The quantitative estimate of drug-likeness (QED) is 0.689. The van der Waals surface area contributed by atoms with E-state index in [0.29, 0.717) is 5.57 Å². The molecule has 14 heavy (non-hydrogen) atoms. The lowest BCUT2D eigenvalue weighted by Crippen LogP contribution is -2.28. The largest absolute Gasteiger partial charge is 0.369 e. The molecular weight excluding hydrogens is 178 g/mol. The Morgan fingerprint density at radius 2 is 2.07 bits per heavy atom. The molecule has 3 heteroatoms. The molecule has 0 spiro atoms. The molecule has 0 aromatic carbocycles. The van der Waals surface area contributed by atoms with E-state index in [1.807, 2.05) is 20.8 Å². The topological polar surface area (TPSA) is 52.3 Å². The third kappa shape index (κ3) is 5.02. The minimum absolute atomic E-state index is 0.0857. The molecule has 0 aliphatic carbocycles. The molecule has 1 atom stereocenters. The van der Waals surface area contributed by atoms with E-state index in [4.69, 9.17) is 10.5 Å². The van der Waals surface area contributed by atoms with Crippen molar-refractivity contribution in [1.29, 1.82) is 0 Å². The van der Waals surface area contributed by atoms with Crippen LogP contribution in [0, 0.1) is 0 Å². The molecule has 1 amide bonds. The van der Waals surface area contributed by atoms with Gasteiger partial charge in [0.15, 0.2) is 0 Å². The lowest BCUT2D eigenvalue weighted by molar-refractivity contribution is -0.114. The van der Waals surface area contributed by atoms with Crippen LogP contribution in [-0.2, 0) is 9.53 Å². The highest BCUT2D eigenvalue weighted by molar-refractivity contribution is 5.91. The molecule has 0 saturated carbocycles. The van der Waals surface area contributed by atoms with E-state index in [-0.39, 0.29) is 11.7 Å². The fraction of sp³-hybridized carbons (Fsp3) is 0.727. The Hall–Kier alpha value is -0.830. The van der Waals surface area contributed by atoms with Crippen molar-refractivity contribution in [2.24, 2.45) is 5.73 Å². The molecule has 3 nitrogen and oxygen atoms in total. The van der Waals surface area contributed by atoms with Crippen molar-refractivity contribution in [3.8, 4) is 0 Å². The van der Waals surface area contributed by atoms with Crippen LogP contribution in [0.3, 0.4) is 0 Å². The monoisotopic (exact) mass is 199 g/mol. The van der Waals surface area contributed by atoms with Gasteiger partial charge in [-0.2, -0.15) is 0 Å². The molecule has 1 unspecified atom stereocenters. The van der Waals surface area contributed by atoms with Crippen LogP contribution in [-0.4, -0.2) is 17.6 Å². The van der Waals surface area contributed by atoms with Gasteiger partial charge in [-0.15, -0.1) is 0 Å². The number of hydrogen-bond donors (Lipinski definition) is 1. The first-order chi connectivity index (χ1) is 6.28. The highest BCUT2D eigenvalue weighted by atomic mass is 16.5. The number of amides is 1. The standard InChI is InChI=1S/C11H21NO2/c1-6-11(4,5)14-9(3)7-8(2)10(12)13/h7,9H,6H2,1-5H3,(H2,12,13)/b8-7+. The molecular formula is C11H21NO2. The number of rotatable bonds is 5. The van der Waals surface area contributed by atoms with E-state index in [9.17, 15) is 4.79 Å². The normalized spacial score (nSPS) is 15.4. The molecule has 0 bridgehead atoms. The van der Waals surface area contributed by atoms with Gasteiger partial charge in [-0.25, -0.2) is 0 Å². The van der Waals surface area contributed by atoms with Crippen LogP contribution in [0.2, 0.25) is 0 Å². The van der Waals surface area contributed by atoms with E-state index < -0.39 is 5.91 Å². The maximum Gasteiger partial charge on any atom is 0.244 e. The van der Waals surface area contributed by atoms with Gasteiger partial charge in [-0.3, -0.25) is 4.79 Å². The fourth-order valence-electron chi connectivity index (χ4n) is 1.05. The lowest BCUT2D eigenvalue weighted by Gasteiger charge is -2.26. The third-order valence-corrected chi connectivity index (χ3v) is 2.23. The zero-order chi connectivity index (χ0) is 11.4. The summed E-state index contributed by atoms with van der Waals surface area (Å²) in [4.78, 5) is 10.8. The summed E-state index contributed by atoms with van der Waals surface area (Å²) in [7, 11) is 0. The van der Waals surface area contributed by atoms with Gasteiger partial charge >= 0.3 is 0 Å². The highest BCUT2D eigenvalue weighted by Crippen LogP contribution is 2.17. The summed E-state index contributed by atoms with van der Waals surface area (Å²) in [6, 6.07) is 0. The minimum Gasteiger partial charge on any atom is -0.369 e. The number of hydrogen-bond acceptors (Lipinski definition) is 2. The van der Waals surface area contributed by atoms with Crippen LogP contribution in [0.5, 0.6) is 0 Å².